The van der Waals surface area contributed by atoms with E-state index in [1.165, 1.54) is 11.0 Å². The van der Waals surface area contributed by atoms with Gasteiger partial charge in [-0.25, -0.2) is 9.18 Å². The van der Waals surface area contributed by atoms with Crippen LogP contribution in [0.4, 0.5) is 14.9 Å². The summed E-state index contributed by atoms with van der Waals surface area (Å²) in [6.45, 7) is 4.22. The molecule has 1 aliphatic carbocycles. The van der Waals surface area contributed by atoms with E-state index in [0.29, 0.717) is 23.9 Å². The van der Waals surface area contributed by atoms with E-state index in [1.54, 1.807) is 24.1 Å². The van der Waals surface area contributed by atoms with Gasteiger partial charge in [-0.3, -0.25) is 4.90 Å². The minimum Gasteiger partial charge on any atom is -0.393 e. The quantitative estimate of drug-likeness (QED) is 0.727. The van der Waals surface area contributed by atoms with Crippen molar-refractivity contribution in [1.29, 1.82) is 0 Å². The largest absolute Gasteiger partial charge is 0.393 e. The monoisotopic (exact) mass is 412 g/mol. The molecule has 1 N–H and O–H groups in total. The number of halogens is 2. The molecular formula is C19H26BrFN2O2. The summed E-state index contributed by atoms with van der Waals surface area (Å²) >= 11 is 3.25. The van der Waals surface area contributed by atoms with Crippen molar-refractivity contribution < 1.29 is 14.3 Å². The molecule has 1 aromatic carbocycles. The lowest BCUT2D eigenvalue weighted by Crippen LogP contribution is -2.48. The molecule has 25 heavy (non-hydrogen) atoms. The van der Waals surface area contributed by atoms with Gasteiger partial charge < -0.3 is 10.0 Å². The maximum atomic E-state index is 14.4. The van der Waals surface area contributed by atoms with E-state index < -0.39 is 5.82 Å². The molecule has 2 amide bonds. The molecule has 1 aromatic rings. The molecule has 6 heteroatoms. The summed E-state index contributed by atoms with van der Waals surface area (Å²) in [6.07, 6.45) is 4.57. The van der Waals surface area contributed by atoms with E-state index in [2.05, 4.69) is 15.9 Å². The van der Waals surface area contributed by atoms with Crippen LogP contribution in [-0.4, -0.2) is 41.8 Å². The number of benzene rings is 1. The lowest BCUT2D eigenvalue weighted by Gasteiger charge is -2.36. The van der Waals surface area contributed by atoms with Gasteiger partial charge in [-0.1, -0.05) is 27.6 Å². The maximum Gasteiger partial charge on any atom is 0.324 e. The van der Waals surface area contributed by atoms with E-state index >= 15 is 0 Å². The number of anilines is 1. The molecule has 0 bridgehead atoms. The van der Waals surface area contributed by atoms with E-state index in [1.807, 2.05) is 19.9 Å². The van der Waals surface area contributed by atoms with Gasteiger partial charge in [0, 0.05) is 24.1 Å². The van der Waals surface area contributed by atoms with Crippen LogP contribution >= 0.6 is 15.9 Å². The number of aliphatic hydroxyl groups is 1. The fourth-order valence-corrected chi connectivity index (χ4v) is 3.38. The number of nitrogens with zero attached hydrogens (tertiary/aromatic N) is 2. The fourth-order valence-electron chi connectivity index (χ4n) is 3.05. The van der Waals surface area contributed by atoms with Gasteiger partial charge in [0.1, 0.15) is 5.82 Å². The molecule has 0 heterocycles. The lowest BCUT2D eigenvalue weighted by atomic mass is 9.92. The highest BCUT2D eigenvalue weighted by Crippen LogP contribution is 2.27. The number of aliphatic hydroxyl groups excluding tert-OH is 1. The normalized spacial score (nSPS) is 20.1. The second-order valence-electron chi connectivity index (χ2n) is 6.84. The van der Waals surface area contributed by atoms with Crippen molar-refractivity contribution in [2.45, 2.75) is 51.7 Å². The molecule has 1 fully saturated rings. The fraction of sp³-hybridized carbons (Fsp3) is 0.526. The Morgan fingerprint density at radius 2 is 1.96 bits per heavy atom. The topological polar surface area (TPSA) is 43.8 Å². The third-order valence-corrected chi connectivity index (χ3v) is 5.12. The van der Waals surface area contributed by atoms with Crippen molar-refractivity contribution in [1.82, 2.24) is 4.90 Å². The van der Waals surface area contributed by atoms with Crippen molar-refractivity contribution in [2.75, 3.05) is 18.5 Å². The van der Waals surface area contributed by atoms with Crippen LogP contribution in [0.3, 0.4) is 0 Å². The van der Waals surface area contributed by atoms with Crippen molar-refractivity contribution in [3.63, 3.8) is 0 Å². The summed E-state index contributed by atoms with van der Waals surface area (Å²) in [5.41, 5.74) is 1.34. The lowest BCUT2D eigenvalue weighted by molar-refractivity contribution is 0.0931. The average Bonchev–Trinajstić information content (AvgIpc) is 2.56. The smallest absolute Gasteiger partial charge is 0.324 e. The Labute approximate surface area is 157 Å². The first-order valence-corrected chi connectivity index (χ1v) is 9.39. The number of carbonyl (C=O) groups is 1. The number of rotatable bonds is 4. The van der Waals surface area contributed by atoms with Crippen molar-refractivity contribution in [3.8, 4) is 0 Å². The SMILES string of the molecule is CC(C)=CCN(C(=O)N(C)[C@H]1CC[C@@H](O)CC1)c1ccc(Br)cc1F. The third-order valence-electron chi connectivity index (χ3n) is 4.63. The van der Waals surface area contributed by atoms with Crippen LogP contribution < -0.4 is 4.90 Å². The molecule has 0 spiro atoms. The summed E-state index contributed by atoms with van der Waals surface area (Å²) in [5.74, 6) is -0.433. The second kappa shape index (κ2) is 8.81. The average molecular weight is 413 g/mol. The van der Waals surface area contributed by atoms with Crippen LogP contribution in [0.15, 0.2) is 34.3 Å². The summed E-state index contributed by atoms with van der Waals surface area (Å²) in [6, 6.07) is 4.57. The first kappa shape index (κ1) is 19.9. The second-order valence-corrected chi connectivity index (χ2v) is 7.76. The highest BCUT2D eigenvalue weighted by Gasteiger charge is 2.29. The molecule has 0 saturated heterocycles. The van der Waals surface area contributed by atoms with Gasteiger partial charge in [0.05, 0.1) is 11.8 Å². The van der Waals surface area contributed by atoms with Crippen LogP contribution in [0.1, 0.15) is 39.5 Å². The Kier molecular flexibility index (Phi) is 7.02. The molecule has 138 valence electrons. The highest BCUT2D eigenvalue weighted by atomic mass is 79.9. The Morgan fingerprint density at radius 3 is 2.52 bits per heavy atom. The molecule has 0 aliphatic heterocycles. The predicted octanol–water partition coefficient (Wildman–Crippen LogP) is 4.72. The first-order chi connectivity index (χ1) is 11.8. The number of amides is 2. The van der Waals surface area contributed by atoms with Crippen molar-refractivity contribution >= 4 is 27.6 Å². The number of hydrogen-bond donors (Lipinski definition) is 1. The van der Waals surface area contributed by atoms with Crippen molar-refractivity contribution in [2.24, 2.45) is 0 Å². The Bertz CT molecular complexity index is 638. The summed E-state index contributed by atoms with van der Waals surface area (Å²) in [4.78, 5) is 16.2. The van der Waals surface area contributed by atoms with Gasteiger partial charge in [-0.05, 0) is 57.7 Å². The molecule has 0 aromatic heterocycles. The van der Waals surface area contributed by atoms with Crippen LogP contribution in [-0.2, 0) is 0 Å². The Balaban J connectivity index is 2.24. The van der Waals surface area contributed by atoms with Gasteiger partial charge in [-0.15, -0.1) is 0 Å². The zero-order valence-electron chi connectivity index (χ0n) is 15.0. The summed E-state index contributed by atoms with van der Waals surface area (Å²) in [7, 11) is 1.76. The van der Waals surface area contributed by atoms with E-state index in [-0.39, 0.29) is 23.9 Å². The molecular weight excluding hydrogens is 387 g/mol. The van der Waals surface area contributed by atoms with E-state index in [9.17, 15) is 14.3 Å². The molecule has 1 aliphatic rings. The Hall–Kier alpha value is -1.40. The third kappa shape index (κ3) is 5.28. The van der Waals surface area contributed by atoms with Gasteiger partial charge in [-0.2, -0.15) is 0 Å². The highest BCUT2D eigenvalue weighted by molar-refractivity contribution is 9.10. The first-order valence-electron chi connectivity index (χ1n) is 8.60. The molecule has 0 atom stereocenters. The van der Waals surface area contributed by atoms with Crippen LogP contribution in [0.5, 0.6) is 0 Å². The molecule has 0 unspecified atom stereocenters. The number of urea groups is 1. The van der Waals surface area contributed by atoms with Crippen LogP contribution in [0.25, 0.3) is 0 Å². The number of allylic oxidation sites excluding steroid dienone is 1. The number of carbonyl (C=O) groups excluding carboxylic acids is 1. The molecule has 0 radical (unpaired) electrons. The minimum atomic E-state index is -0.433. The van der Waals surface area contributed by atoms with E-state index in [4.69, 9.17) is 0 Å². The summed E-state index contributed by atoms with van der Waals surface area (Å²) < 4.78 is 15.1. The van der Waals surface area contributed by atoms with Gasteiger partial charge >= 0.3 is 6.03 Å². The van der Waals surface area contributed by atoms with Gasteiger partial charge in [0.15, 0.2) is 0 Å². The molecule has 1 saturated carbocycles. The maximum absolute atomic E-state index is 14.4. The number of hydrogen-bond acceptors (Lipinski definition) is 2. The van der Waals surface area contributed by atoms with Crippen molar-refractivity contribution in [3.05, 3.63) is 40.1 Å². The van der Waals surface area contributed by atoms with E-state index in [0.717, 1.165) is 18.4 Å². The molecule has 4 nitrogen and oxygen atoms in total. The standard InChI is InChI=1S/C19H26BrFN2O2/c1-13(2)10-11-23(18-9-4-14(20)12-17(18)21)19(25)22(3)15-5-7-16(24)8-6-15/h4,9-10,12,15-16,24H,5-8,11H2,1-3H3/t15-,16+. The zero-order valence-corrected chi connectivity index (χ0v) is 16.6. The summed E-state index contributed by atoms with van der Waals surface area (Å²) in [5, 5.41) is 9.67. The molecule has 2 rings (SSSR count). The van der Waals surface area contributed by atoms with Gasteiger partial charge in [0.25, 0.3) is 0 Å². The Morgan fingerprint density at radius 1 is 1.32 bits per heavy atom. The van der Waals surface area contributed by atoms with Crippen LogP contribution in [0.2, 0.25) is 0 Å². The van der Waals surface area contributed by atoms with Crippen LogP contribution in [0, 0.1) is 5.82 Å². The predicted molar refractivity (Wildman–Crippen MR) is 102 cm³/mol. The van der Waals surface area contributed by atoms with Gasteiger partial charge in [0.2, 0.25) is 0 Å². The zero-order chi connectivity index (χ0) is 18.6. The minimum absolute atomic E-state index is 0.0728.